The van der Waals surface area contributed by atoms with Crippen LogP contribution in [0.3, 0.4) is 0 Å². The average Bonchev–Trinajstić information content (AvgIpc) is 2.70. The number of carboxylic acids is 1. The SMILES string of the molecule is Cc1ccc(C)c(-n2nc(C(F)F)c(C(=O)O)c2Cl)c1. The number of halogens is 3. The van der Waals surface area contributed by atoms with Gasteiger partial charge in [0, 0.05) is 0 Å². The summed E-state index contributed by atoms with van der Waals surface area (Å²) < 4.78 is 26.8. The molecule has 20 heavy (non-hydrogen) atoms. The van der Waals surface area contributed by atoms with Gasteiger partial charge >= 0.3 is 5.97 Å². The first-order chi connectivity index (χ1) is 9.32. The standard InChI is InChI=1S/C13H11ClF2N2O2/c1-6-3-4-7(2)8(5-6)18-11(14)9(13(19)20)10(17-18)12(15)16/h3-5,12H,1-2H3,(H,19,20). The quantitative estimate of drug-likeness (QED) is 0.938. The second kappa shape index (κ2) is 5.20. The smallest absolute Gasteiger partial charge is 0.341 e. The Morgan fingerprint density at radius 2 is 2.05 bits per heavy atom. The van der Waals surface area contributed by atoms with E-state index >= 15 is 0 Å². The number of carbonyl (C=O) groups is 1. The van der Waals surface area contributed by atoms with E-state index in [1.54, 1.807) is 19.1 Å². The van der Waals surface area contributed by atoms with Crippen LogP contribution in [-0.2, 0) is 0 Å². The summed E-state index contributed by atoms with van der Waals surface area (Å²) in [6, 6.07) is 5.34. The van der Waals surface area contributed by atoms with Crippen molar-refractivity contribution in [2.24, 2.45) is 0 Å². The van der Waals surface area contributed by atoms with Crippen LogP contribution in [0.4, 0.5) is 8.78 Å². The molecule has 1 aromatic carbocycles. The summed E-state index contributed by atoms with van der Waals surface area (Å²) in [6.07, 6.45) is -3.01. The molecule has 0 bridgehead atoms. The molecule has 0 saturated carbocycles. The number of aromatic carboxylic acids is 1. The molecular weight excluding hydrogens is 290 g/mol. The number of rotatable bonds is 3. The fraction of sp³-hybridized carbons (Fsp3) is 0.231. The van der Waals surface area contributed by atoms with Crippen LogP contribution in [0.2, 0.25) is 5.15 Å². The molecule has 2 rings (SSSR count). The van der Waals surface area contributed by atoms with Crippen LogP contribution >= 0.6 is 11.6 Å². The lowest BCUT2D eigenvalue weighted by Gasteiger charge is -2.08. The zero-order chi connectivity index (χ0) is 15.0. The molecule has 0 unspecified atom stereocenters. The lowest BCUT2D eigenvalue weighted by Crippen LogP contribution is -2.01. The highest BCUT2D eigenvalue weighted by Crippen LogP contribution is 2.31. The first-order valence-corrected chi connectivity index (χ1v) is 6.08. The summed E-state index contributed by atoms with van der Waals surface area (Å²) in [5.74, 6) is -1.53. The maximum absolute atomic E-state index is 12.9. The van der Waals surface area contributed by atoms with Crippen LogP contribution in [0.25, 0.3) is 5.69 Å². The molecule has 0 spiro atoms. The lowest BCUT2D eigenvalue weighted by atomic mass is 10.1. The summed E-state index contributed by atoms with van der Waals surface area (Å²) in [5, 5.41) is 12.3. The zero-order valence-corrected chi connectivity index (χ0v) is 11.4. The van der Waals surface area contributed by atoms with E-state index in [1.165, 1.54) is 0 Å². The van der Waals surface area contributed by atoms with Crippen molar-refractivity contribution in [1.29, 1.82) is 0 Å². The van der Waals surface area contributed by atoms with E-state index in [9.17, 15) is 13.6 Å². The van der Waals surface area contributed by atoms with Gasteiger partial charge in [-0.25, -0.2) is 18.3 Å². The van der Waals surface area contributed by atoms with Crippen molar-refractivity contribution >= 4 is 17.6 Å². The molecule has 0 atom stereocenters. The van der Waals surface area contributed by atoms with Gasteiger partial charge in [-0.15, -0.1) is 0 Å². The Hall–Kier alpha value is -1.95. The van der Waals surface area contributed by atoms with E-state index in [4.69, 9.17) is 16.7 Å². The van der Waals surface area contributed by atoms with E-state index in [-0.39, 0.29) is 5.15 Å². The van der Waals surface area contributed by atoms with Crippen LogP contribution < -0.4 is 0 Å². The predicted molar refractivity (Wildman–Crippen MR) is 70.0 cm³/mol. The van der Waals surface area contributed by atoms with E-state index in [1.807, 2.05) is 13.0 Å². The van der Waals surface area contributed by atoms with E-state index in [0.717, 1.165) is 15.8 Å². The number of aryl methyl sites for hydroxylation is 2. The maximum atomic E-state index is 12.9. The molecule has 106 valence electrons. The Morgan fingerprint density at radius 1 is 1.40 bits per heavy atom. The van der Waals surface area contributed by atoms with Crippen molar-refractivity contribution in [2.75, 3.05) is 0 Å². The first-order valence-electron chi connectivity index (χ1n) is 5.70. The number of hydrogen-bond acceptors (Lipinski definition) is 2. The van der Waals surface area contributed by atoms with Crippen LogP contribution in [0.15, 0.2) is 18.2 Å². The van der Waals surface area contributed by atoms with Gasteiger partial charge in [0.25, 0.3) is 6.43 Å². The van der Waals surface area contributed by atoms with Gasteiger partial charge < -0.3 is 5.11 Å². The topological polar surface area (TPSA) is 55.1 Å². The second-order valence-electron chi connectivity index (χ2n) is 4.36. The summed E-state index contributed by atoms with van der Waals surface area (Å²) in [6.45, 7) is 3.59. The van der Waals surface area contributed by atoms with Crippen molar-refractivity contribution in [1.82, 2.24) is 9.78 Å². The summed E-state index contributed by atoms with van der Waals surface area (Å²) in [7, 11) is 0. The fourth-order valence-corrected chi connectivity index (χ4v) is 2.18. The predicted octanol–water partition coefficient (Wildman–Crippen LogP) is 3.78. The van der Waals surface area contributed by atoms with Crippen molar-refractivity contribution in [2.45, 2.75) is 20.3 Å². The molecule has 0 aliphatic heterocycles. The normalized spacial score (nSPS) is 11.1. The monoisotopic (exact) mass is 300 g/mol. The first kappa shape index (κ1) is 14.5. The highest BCUT2D eigenvalue weighted by Gasteiger charge is 2.28. The highest BCUT2D eigenvalue weighted by molar-refractivity contribution is 6.33. The van der Waals surface area contributed by atoms with Gasteiger partial charge in [0.15, 0.2) is 0 Å². The van der Waals surface area contributed by atoms with Crippen LogP contribution in [0, 0.1) is 13.8 Å². The van der Waals surface area contributed by atoms with Crippen molar-refractivity contribution in [3.63, 3.8) is 0 Å². The van der Waals surface area contributed by atoms with Gasteiger partial charge in [0.2, 0.25) is 0 Å². The largest absolute Gasteiger partial charge is 0.478 e. The molecule has 0 fully saturated rings. The molecule has 1 heterocycles. The minimum Gasteiger partial charge on any atom is -0.478 e. The van der Waals surface area contributed by atoms with Crippen molar-refractivity contribution in [3.05, 3.63) is 45.7 Å². The molecule has 0 amide bonds. The van der Waals surface area contributed by atoms with Crippen LogP contribution in [0.5, 0.6) is 0 Å². The third-order valence-electron chi connectivity index (χ3n) is 2.87. The molecule has 7 heteroatoms. The number of aromatic nitrogens is 2. The highest BCUT2D eigenvalue weighted by atomic mass is 35.5. The summed E-state index contributed by atoms with van der Waals surface area (Å²) in [5.41, 5.74) is 0.612. The van der Waals surface area contributed by atoms with Gasteiger partial charge in [-0.05, 0) is 31.0 Å². The minimum absolute atomic E-state index is 0.332. The van der Waals surface area contributed by atoms with Gasteiger partial charge in [-0.3, -0.25) is 0 Å². The Morgan fingerprint density at radius 3 is 2.55 bits per heavy atom. The fourth-order valence-electron chi connectivity index (χ4n) is 1.87. The number of hydrogen-bond donors (Lipinski definition) is 1. The lowest BCUT2D eigenvalue weighted by molar-refractivity contribution is 0.0684. The van der Waals surface area contributed by atoms with Gasteiger partial charge in [-0.1, -0.05) is 23.7 Å². The zero-order valence-electron chi connectivity index (χ0n) is 10.7. The molecule has 4 nitrogen and oxygen atoms in total. The summed E-state index contributed by atoms with van der Waals surface area (Å²) >= 11 is 5.91. The molecule has 0 aliphatic rings. The van der Waals surface area contributed by atoms with Gasteiger partial charge in [0.1, 0.15) is 16.4 Å². The number of alkyl halides is 2. The van der Waals surface area contributed by atoms with Crippen LogP contribution in [-0.4, -0.2) is 20.9 Å². The van der Waals surface area contributed by atoms with E-state index in [2.05, 4.69) is 5.10 Å². The van der Waals surface area contributed by atoms with Gasteiger partial charge in [0.05, 0.1) is 5.69 Å². The number of benzene rings is 1. The summed E-state index contributed by atoms with van der Waals surface area (Å²) in [4.78, 5) is 11.1. The molecule has 1 aromatic heterocycles. The number of nitrogens with zero attached hydrogens (tertiary/aromatic N) is 2. The third kappa shape index (κ3) is 2.38. The van der Waals surface area contributed by atoms with Crippen molar-refractivity contribution < 1.29 is 18.7 Å². The second-order valence-corrected chi connectivity index (χ2v) is 4.72. The molecule has 0 aliphatic carbocycles. The molecule has 2 aromatic rings. The molecular formula is C13H11ClF2N2O2. The molecule has 0 radical (unpaired) electrons. The maximum Gasteiger partial charge on any atom is 0.341 e. The number of carboxylic acid groups (broad SMARTS) is 1. The van der Waals surface area contributed by atoms with Crippen LogP contribution in [0.1, 0.15) is 33.6 Å². The Kier molecular flexibility index (Phi) is 3.76. The Labute approximate surface area is 118 Å². The third-order valence-corrected chi connectivity index (χ3v) is 3.22. The molecule has 1 N–H and O–H groups in total. The minimum atomic E-state index is -3.01. The average molecular weight is 301 g/mol. The van der Waals surface area contributed by atoms with E-state index < -0.39 is 23.7 Å². The Balaban J connectivity index is 2.73. The van der Waals surface area contributed by atoms with E-state index in [0.29, 0.717) is 5.69 Å². The van der Waals surface area contributed by atoms with Gasteiger partial charge in [-0.2, -0.15) is 5.10 Å². The van der Waals surface area contributed by atoms with Crippen molar-refractivity contribution in [3.8, 4) is 5.69 Å². The molecule has 0 saturated heterocycles. The Bertz CT molecular complexity index is 683.